The van der Waals surface area contributed by atoms with Crippen molar-refractivity contribution in [1.82, 2.24) is 9.80 Å². The van der Waals surface area contributed by atoms with E-state index in [1.54, 1.807) is 0 Å². The smallest absolute Gasteiger partial charge is 0.338 e. The Morgan fingerprint density at radius 1 is 1.30 bits per heavy atom. The molecule has 0 heterocycles. The minimum Gasteiger partial charge on any atom is -0.465 e. The zero-order chi connectivity index (χ0) is 15.1. The van der Waals surface area contributed by atoms with Gasteiger partial charge in [-0.3, -0.25) is 4.90 Å². The van der Waals surface area contributed by atoms with Gasteiger partial charge in [-0.2, -0.15) is 0 Å². The maximum atomic E-state index is 11.8. The topological polar surface area (TPSA) is 32.8 Å². The van der Waals surface area contributed by atoms with Gasteiger partial charge in [-0.25, -0.2) is 4.79 Å². The van der Waals surface area contributed by atoms with Crippen LogP contribution in [0.4, 0.5) is 0 Å². The first-order valence-electron chi connectivity index (χ1n) is 7.04. The molecule has 0 N–H and O–H groups in total. The van der Waals surface area contributed by atoms with Gasteiger partial charge in [0.2, 0.25) is 0 Å². The van der Waals surface area contributed by atoms with Crippen LogP contribution in [0.25, 0.3) is 0 Å². The van der Waals surface area contributed by atoms with Crippen LogP contribution in [0.2, 0.25) is 0 Å². The standard InChI is InChI=1S/C16H26N2O2/c1-6-18(13(2)11-17(3)4)12-14-9-7-8-10-15(14)16(19)20-5/h7-10,13H,6,11-12H2,1-5H3. The fraction of sp³-hybridized carbons (Fsp3) is 0.562. The Labute approximate surface area is 122 Å². The van der Waals surface area contributed by atoms with Crippen LogP contribution >= 0.6 is 0 Å². The van der Waals surface area contributed by atoms with E-state index in [0.717, 1.165) is 25.2 Å². The molecular formula is C16H26N2O2. The highest BCUT2D eigenvalue weighted by molar-refractivity contribution is 5.90. The summed E-state index contributed by atoms with van der Waals surface area (Å²) in [6, 6.07) is 8.09. The van der Waals surface area contributed by atoms with Crippen molar-refractivity contribution < 1.29 is 9.53 Å². The van der Waals surface area contributed by atoms with Crippen LogP contribution < -0.4 is 0 Å². The van der Waals surface area contributed by atoms with Gasteiger partial charge in [0, 0.05) is 19.1 Å². The molecule has 4 heteroatoms. The third-order valence-corrected chi connectivity index (χ3v) is 3.46. The summed E-state index contributed by atoms with van der Waals surface area (Å²) in [4.78, 5) is 16.3. The van der Waals surface area contributed by atoms with Crippen molar-refractivity contribution in [2.45, 2.75) is 26.4 Å². The van der Waals surface area contributed by atoms with E-state index in [1.807, 2.05) is 24.3 Å². The monoisotopic (exact) mass is 278 g/mol. The lowest BCUT2D eigenvalue weighted by Crippen LogP contribution is -2.39. The molecule has 0 spiro atoms. The number of hydrogen-bond donors (Lipinski definition) is 0. The zero-order valence-corrected chi connectivity index (χ0v) is 13.2. The Bertz CT molecular complexity index is 432. The number of methoxy groups -OCH3 is 1. The summed E-state index contributed by atoms with van der Waals surface area (Å²) >= 11 is 0. The summed E-state index contributed by atoms with van der Waals surface area (Å²) in [6.45, 7) is 7.06. The number of likely N-dealkylation sites (N-methyl/N-ethyl adjacent to an activating group) is 2. The molecule has 0 aromatic heterocycles. The Morgan fingerprint density at radius 2 is 1.95 bits per heavy atom. The summed E-state index contributed by atoms with van der Waals surface area (Å²) in [5.74, 6) is -0.267. The van der Waals surface area contributed by atoms with Gasteiger partial charge in [0.25, 0.3) is 0 Å². The van der Waals surface area contributed by atoms with Gasteiger partial charge < -0.3 is 9.64 Å². The molecule has 0 fully saturated rings. The van der Waals surface area contributed by atoms with Gasteiger partial charge in [0.05, 0.1) is 12.7 Å². The molecule has 0 saturated carbocycles. The molecule has 0 saturated heterocycles. The van der Waals surface area contributed by atoms with Crippen molar-refractivity contribution in [2.24, 2.45) is 0 Å². The third kappa shape index (κ3) is 4.62. The second kappa shape index (κ2) is 8.02. The van der Waals surface area contributed by atoms with Crippen molar-refractivity contribution >= 4 is 5.97 Å². The molecule has 0 radical (unpaired) electrons. The van der Waals surface area contributed by atoms with Gasteiger partial charge in [-0.05, 0) is 39.2 Å². The lowest BCUT2D eigenvalue weighted by molar-refractivity contribution is 0.0597. The molecule has 1 unspecified atom stereocenters. The van der Waals surface area contributed by atoms with Crippen molar-refractivity contribution in [3.8, 4) is 0 Å². The summed E-state index contributed by atoms with van der Waals surface area (Å²) in [6.07, 6.45) is 0. The second-order valence-corrected chi connectivity index (χ2v) is 5.32. The summed E-state index contributed by atoms with van der Waals surface area (Å²) in [5.41, 5.74) is 1.68. The summed E-state index contributed by atoms with van der Waals surface area (Å²) in [5, 5.41) is 0. The molecule has 1 atom stereocenters. The number of hydrogen-bond acceptors (Lipinski definition) is 4. The molecule has 0 bridgehead atoms. The lowest BCUT2D eigenvalue weighted by Gasteiger charge is -2.30. The summed E-state index contributed by atoms with van der Waals surface area (Å²) < 4.78 is 4.85. The van der Waals surface area contributed by atoms with Gasteiger partial charge in [0.15, 0.2) is 0 Å². The molecule has 0 amide bonds. The number of carbonyl (C=O) groups is 1. The second-order valence-electron chi connectivity index (χ2n) is 5.32. The predicted molar refractivity (Wildman–Crippen MR) is 81.9 cm³/mol. The molecule has 1 rings (SSSR count). The highest BCUT2D eigenvalue weighted by Crippen LogP contribution is 2.15. The van der Waals surface area contributed by atoms with E-state index in [2.05, 4.69) is 37.7 Å². The molecule has 0 aliphatic heterocycles. The van der Waals surface area contributed by atoms with Crippen molar-refractivity contribution in [2.75, 3.05) is 34.3 Å². The third-order valence-electron chi connectivity index (χ3n) is 3.46. The van der Waals surface area contributed by atoms with Crippen LogP contribution in [-0.2, 0) is 11.3 Å². The number of nitrogens with zero attached hydrogens (tertiary/aromatic N) is 2. The number of benzene rings is 1. The van der Waals surface area contributed by atoms with Crippen LogP contribution in [0.5, 0.6) is 0 Å². The molecule has 112 valence electrons. The minimum absolute atomic E-state index is 0.267. The van der Waals surface area contributed by atoms with Crippen molar-refractivity contribution in [3.63, 3.8) is 0 Å². The first kappa shape index (κ1) is 16.7. The predicted octanol–water partition coefficient (Wildman–Crippen LogP) is 2.25. The first-order chi connectivity index (χ1) is 9.49. The van der Waals surface area contributed by atoms with E-state index in [-0.39, 0.29) is 5.97 Å². The molecular weight excluding hydrogens is 252 g/mol. The molecule has 1 aromatic carbocycles. The molecule has 0 aliphatic carbocycles. The maximum Gasteiger partial charge on any atom is 0.338 e. The Kier molecular flexibility index (Phi) is 6.68. The van der Waals surface area contributed by atoms with E-state index in [0.29, 0.717) is 11.6 Å². The number of esters is 1. The molecule has 1 aromatic rings. The highest BCUT2D eigenvalue weighted by Gasteiger charge is 2.17. The Morgan fingerprint density at radius 3 is 2.50 bits per heavy atom. The zero-order valence-electron chi connectivity index (χ0n) is 13.2. The Balaban J connectivity index is 2.87. The fourth-order valence-corrected chi connectivity index (χ4v) is 2.41. The Hall–Kier alpha value is -1.39. The first-order valence-corrected chi connectivity index (χ1v) is 7.04. The van der Waals surface area contributed by atoms with Crippen LogP contribution in [0, 0.1) is 0 Å². The molecule has 20 heavy (non-hydrogen) atoms. The van der Waals surface area contributed by atoms with E-state index in [9.17, 15) is 4.79 Å². The van der Waals surface area contributed by atoms with Gasteiger partial charge in [-0.15, -0.1) is 0 Å². The van der Waals surface area contributed by atoms with E-state index < -0.39 is 0 Å². The number of rotatable bonds is 7. The van der Waals surface area contributed by atoms with Crippen LogP contribution in [0.1, 0.15) is 29.8 Å². The highest BCUT2D eigenvalue weighted by atomic mass is 16.5. The van der Waals surface area contributed by atoms with Crippen LogP contribution in [0.15, 0.2) is 24.3 Å². The van der Waals surface area contributed by atoms with Crippen molar-refractivity contribution in [1.29, 1.82) is 0 Å². The average molecular weight is 278 g/mol. The van der Waals surface area contributed by atoms with E-state index in [1.165, 1.54) is 7.11 Å². The molecule has 0 aliphatic rings. The largest absolute Gasteiger partial charge is 0.465 e. The van der Waals surface area contributed by atoms with Gasteiger partial charge in [-0.1, -0.05) is 25.1 Å². The van der Waals surface area contributed by atoms with Crippen LogP contribution in [0.3, 0.4) is 0 Å². The maximum absolute atomic E-state index is 11.8. The van der Waals surface area contributed by atoms with Crippen LogP contribution in [-0.4, -0.2) is 56.1 Å². The minimum atomic E-state index is -0.267. The normalized spacial score (nSPS) is 12.8. The van der Waals surface area contributed by atoms with Crippen molar-refractivity contribution in [3.05, 3.63) is 35.4 Å². The van der Waals surface area contributed by atoms with Gasteiger partial charge in [0.1, 0.15) is 0 Å². The van der Waals surface area contributed by atoms with E-state index in [4.69, 9.17) is 4.74 Å². The average Bonchev–Trinajstić information content (AvgIpc) is 2.43. The molecule has 4 nitrogen and oxygen atoms in total. The fourth-order valence-electron chi connectivity index (χ4n) is 2.41. The number of carbonyl (C=O) groups excluding carboxylic acids is 1. The SMILES string of the molecule is CCN(Cc1ccccc1C(=O)OC)C(C)CN(C)C. The summed E-state index contributed by atoms with van der Waals surface area (Å²) in [7, 11) is 5.57. The van der Waals surface area contributed by atoms with Gasteiger partial charge >= 0.3 is 5.97 Å². The quantitative estimate of drug-likeness (QED) is 0.716. The lowest BCUT2D eigenvalue weighted by atomic mass is 10.1. The number of ether oxygens (including phenoxy) is 1. The van der Waals surface area contributed by atoms with E-state index >= 15 is 0 Å².